The zero-order chi connectivity index (χ0) is 20.5. The van der Waals surface area contributed by atoms with Crippen molar-refractivity contribution in [1.29, 1.82) is 0 Å². The van der Waals surface area contributed by atoms with E-state index in [-0.39, 0.29) is 17.9 Å². The molecule has 1 aromatic carbocycles. The smallest absolute Gasteiger partial charge is 0.337 e. The minimum Gasteiger partial charge on any atom is -0.504 e. The van der Waals surface area contributed by atoms with E-state index >= 15 is 0 Å². The Morgan fingerprint density at radius 2 is 2.14 bits per heavy atom. The fourth-order valence-corrected chi connectivity index (χ4v) is 5.28. The Labute approximate surface area is 171 Å². The van der Waals surface area contributed by atoms with Crippen molar-refractivity contribution in [2.24, 2.45) is 11.8 Å². The summed E-state index contributed by atoms with van der Waals surface area (Å²) in [4.78, 5) is 18.7. The lowest BCUT2D eigenvalue weighted by Gasteiger charge is -2.46. The maximum atomic E-state index is 12.5. The summed E-state index contributed by atoms with van der Waals surface area (Å²) in [5, 5.41) is 1.19. The van der Waals surface area contributed by atoms with Crippen LogP contribution in [0.25, 0.3) is 10.9 Å². The molecule has 2 aliphatic heterocycles. The number of benzene rings is 1. The maximum absolute atomic E-state index is 12.5. The Balaban J connectivity index is 1.76. The van der Waals surface area contributed by atoms with Crippen LogP contribution in [0.2, 0.25) is 0 Å². The second-order valence-corrected chi connectivity index (χ2v) is 7.97. The van der Waals surface area contributed by atoms with Crippen LogP contribution in [0.1, 0.15) is 37.1 Å². The first kappa shape index (κ1) is 19.8. The summed E-state index contributed by atoms with van der Waals surface area (Å²) in [6.07, 6.45) is 4.46. The van der Waals surface area contributed by atoms with Gasteiger partial charge in [-0.05, 0) is 42.4 Å². The van der Waals surface area contributed by atoms with Gasteiger partial charge in [-0.3, -0.25) is 4.90 Å². The van der Waals surface area contributed by atoms with Crippen molar-refractivity contribution in [1.82, 2.24) is 9.88 Å². The SMILES string of the molecule is CC[C@H]1CN2CCc3c([nH]c4cccc(OC)c34)[C@@H]2C[C@@H]1/C(=C\OC)C(=O)OC. The van der Waals surface area contributed by atoms with Gasteiger partial charge in [0, 0.05) is 29.7 Å². The van der Waals surface area contributed by atoms with Gasteiger partial charge in [0.15, 0.2) is 0 Å². The second kappa shape index (κ2) is 8.11. The molecule has 2 aliphatic rings. The van der Waals surface area contributed by atoms with E-state index in [1.165, 1.54) is 23.8 Å². The van der Waals surface area contributed by atoms with Crippen molar-refractivity contribution >= 4 is 16.9 Å². The minimum atomic E-state index is -0.293. The van der Waals surface area contributed by atoms with Gasteiger partial charge in [0.2, 0.25) is 0 Å². The molecule has 4 rings (SSSR count). The highest BCUT2D eigenvalue weighted by atomic mass is 16.5. The lowest BCUT2D eigenvalue weighted by atomic mass is 9.74. The number of aromatic amines is 1. The Kier molecular flexibility index (Phi) is 5.54. The number of carbonyl (C=O) groups excluding carboxylic acids is 1. The Morgan fingerprint density at radius 3 is 2.83 bits per heavy atom. The minimum absolute atomic E-state index is 0.105. The van der Waals surface area contributed by atoms with E-state index in [4.69, 9.17) is 14.2 Å². The van der Waals surface area contributed by atoms with Gasteiger partial charge in [-0.25, -0.2) is 4.79 Å². The van der Waals surface area contributed by atoms with Crippen LogP contribution in [0.4, 0.5) is 0 Å². The number of hydrogen-bond acceptors (Lipinski definition) is 5. The summed E-state index contributed by atoms with van der Waals surface area (Å²) < 4.78 is 16.0. The molecule has 3 heterocycles. The van der Waals surface area contributed by atoms with E-state index in [1.807, 2.05) is 12.1 Å². The molecule has 0 amide bonds. The molecule has 0 unspecified atom stereocenters. The van der Waals surface area contributed by atoms with E-state index in [1.54, 1.807) is 20.5 Å². The normalized spacial score (nSPS) is 24.7. The van der Waals surface area contributed by atoms with Crippen LogP contribution in [-0.4, -0.2) is 50.3 Å². The highest BCUT2D eigenvalue weighted by molar-refractivity contribution is 5.91. The van der Waals surface area contributed by atoms with Gasteiger partial charge < -0.3 is 19.2 Å². The third-order valence-corrected chi connectivity index (χ3v) is 6.67. The second-order valence-electron chi connectivity index (χ2n) is 7.97. The number of fused-ring (bicyclic) bond motifs is 5. The lowest BCUT2D eigenvalue weighted by Crippen LogP contribution is -2.47. The molecule has 156 valence electrons. The molecular weight excluding hydrogens is 368 g/mol. The average molecular weight is 399 g/mol. The molecule has 1 fully saturated rings. The third-order valence-electron chi connectivity index (χ3n) is 6.67. The predicted octanol–water partition coefficient (Wildman–Crippen LogP) is 3.83. The molecule has 0 radical (unpaired) electrons. The Bertz CT molecular complexity index is 932. The number of aromatic nitrogens is 1. The van der Waals surface area contributed by atoms with Gasteiger partial charge in [-0.2, -0.15) is 0 Å². The Morgan fingerprint density at radius 1 is 1.31 bits per heavy atom. The van der Waals surface area contributed by atoms with Crippen molar-refractivity contribution in [2.75, 3.05) is 34.4 Å². The molecular formula is C23H30N2O4. The summed E-state index contributed by atoms with van der Waals surface area (Å²) in [7, 11) is 4.75. The molecule has 0 spiro atoms. The van der Waals surface area contributed by atoms with Gasteiger partial charge in [0.05, 0.1) is 39.2 Å². The first-order chi connectivity index (χ1) is 14.1. The van der Waals surface area contributed by atoms with Crippen LogP contribution in [-0.2, 0) is 20.7 Å². The molecule has 6 heteroatoms. The molecule has 0 saturated carbocycles. The molecule has 0 aliphatic carbocycles. The third kappa shape index (κ3) is 3.29. The first-order valence-corrected chi connectivity index (χ1v) is 10.4. The van der Waals surface area contributed by atoms with Crippen LogP contribution in [0.3, 0.4) is 0 Å². The zero-order valence-electron chi connectivity index (χ0n) is 17.7. The number of esters is 1. The van der Waals surface area contributed by atoms with Gasteiger partial charge in [-0.1, -0.05) is 19.4 Å². The topological polar surface area (TPSA) is 63.8 Å². The van der Waals surface area contributed by atoms with Gasteiger partial charge >= 0.3 is 5.97 Å². The molecule has 2 aromatic rings. The van der Waals surface area contributed by atoms with Crippen LogP contribution in [0, 0.1) is 11.8 Å². The first-order valence-electron chi connectivity index (χ1n) is 10.4. The van der Waals surface area contributed by atoms with Gasteiger partial charge in [0.25, 0.3) is 0 Å². The molecule has 3 atom stereocenters. The number of nitrogens with zero attached hydrogens (tertiary/aromatic N) is 1. The monoisotopic (exact) mass is 398 g/mol. The van der Waals surface area contributed by atoms with E-state index in [0.29, 0.717) is 11.5 Å². The molecule has 1 N–H and O–H groups in total. The number of hydrogen-bond donors (Lipinski definition) is 1. The fourth-order valence-electron chi connectivity index (χ4n) is 5.28. The fraction of sp³-hybridized carbons (Fsp3) is 0.522. The average Bonchev–Trinajstić information content (AvgIpc) is 3.15. The van der Waals surface area contributed by atoms with E-state index in [0.717, 1.165) is 43.6 Å². The van der Waals surface area contributed by atoms with E-state index in [9.17, 15) is 4.79 Å². The van der Waals surface area contributed by atoms with Crippen molar-refractivity contribution in [3.05, 3.63) is 41.3 Å². The summed E-state index contributed by atoms with van der Waals surface area (Å²) >= 11 is 0. The maximum Gasteiger partial charge on any atom is 0.337 e. The van der Waals surface area contributed by atoms with Crippen LogP contribution in [0.15, 0.2) is 30.0 Å². The largest absolute Gasteiger partial charge is 0.504 e. The lowest BCUT2D eigenvalue weighted by molar-refractivity contribution is -0.137. The standard InChI is InChI=1S/C23H30N2O4/c1-5-14-12-25-10-9-15-21-18(7-6-8-20(21)28-3)24-22(15)19(25)11-16(14)17(13-27-2)23(26)29-4/h6-8,13-14,16,19,24H,5,9-12H2,1-4H3/b17-13+/t14-,16-,19-/m0/s1. The van der Waals surface area contributed by atoms with Crippen molar-refractivity contribution in [3.63, 3.8) is 0 Å². The van der Waals surface area contributed by atoms with E-state index in [2.05, 4.69) is 22.9 Å². The number of carbonyl (C=O) groups is 1. The summed E-state index contributed by atoms with van der Waals surface area (Å²) in [6.45, 7) is 4.19. The van der Waals surface area contributed by atoms with E-state index < -0.39 is 0 Å². The summed E-state index contributed by atoms with van der Waals surface area (Å²) in [6, 6.07) is 6.40. The highest BCUT2D eigenvalue weighted by Gasteiger charge is 2.42. The molecule has 29 heavy (non-hydrogen) atoms. The summed E-state index contributed by atoms with van der Waals surface area (Å²) in [5.74, 6) is 1.12. The molecule has 6 nitrogen and oxygen atoms in total. The number of ether oxygens (including phenoxy) is 3. The summed E-state index contributed by atoms with van der Waals surface area (Å²) in [5.41, 5.74) is 4.37. The Hall–Kier alpha value is -2.47. The van der Waals surface area contributed by atoms with Crippen LogP contribution >= 0.6 is 0 Å². The van der Waals surface area contributed by atoms with Crippen LogP contribution < -0.4 is 4.74 Å². The number of rotatable bonds is 5. The predicted molar refractivity (Wildman–Crippen MR) is 112 cm³/mol. The quantitative estimate of drug-likeness (QED) is 0.471. The van der Waals surface area contributed by atoms with Crippen LogP contribution in [0.5, 0.6) is 5.75 Å². The van der Waals surface area contributed by atoms with Gasteiger partial charge in [-0.15, -0.1) is 0 Å². The van der Waals surface area contributed by atoms with Crippen molar-refractivity contribution in [2.45, 2.75) is 32.2 Å². The number of methoxy groups -OCH3 is 3. The zero-order valence-corrected chi connectivity index (χ0v) is 17.7. The van der Waals surface area contributed by atoms with Gasteiger partial charge in [0.1, 0.15) is 5.75 Å². The molecule has 1 saturated heterocycles. The van der Waals surface area contributed by atoms with Crippen molar-refractivity contribution in [3.8, 4) is 5.75 Å². The number of nitrogens with one attached hydrogen (secondary N) is 1. The number of piperidine rings is 1. The highest BCUT2D eigenvalue weighted by Crippen LogP contribution is 2.47. The van der Waals surface area contributed by atoms with Crippen molar-refractivity contribution < 1.29 is 19.0 Å². The molecule has 1 aromatic heterocycles. The number of H-pyrrole nitrogens is 1. The molecule has 0 bridgehead atoms.